The number of fused-ring (bicyclic) bond motifs is 3. The second-order valence-electron chi connectivity index (χ2n) is 22.3. The van der Waals surface area contributed by atoms with Crippen LogP contribution in [0.3, 0.4) is 0 Å². The molecule has 1 aliphatic heterocycles. The number of unbranched alkanes of at least 4 members (excludes halogenated alkanes) is 1. The molecule has 488 valence electrons. The molecule has 5 aromatic rings. The number of nitrogens with two attached hydrogens (primary N) is 1. The standard InChI is InChI=1S/C63H77N9O19/c1-35-55(77)43(29-50(90-35)91-46-31-63(85,47(74)33-73)30-41-52(46)59(81)54-53(57(41)79)56(78)40-12-9-14-45(86-3)51(40)58(54)80)69-62(84)89-34-37-15-17-38(18-16-37)66-60(82)42(13-7-8-22-64)68-61(83)44(28-36-10-5-4-6-11-36)67-49(76)20-19-39-32-72(71-70-39)23-25-88-27-26-87-24-21-48(75)65-2/h4-6,9-12,14-18,32,35,42-44,46,50,55,73,77,79,81,85H,7-8,13,19-31,33-34,64H2,1-3H3,(H,65,75)(H,66,82)(H,67,76)(H,68,83)(H,69,84). The smallest absolute Gasteiger partial charge is 0.407 e. The SMILES string of the molecule is CNC(=O)CCOCCOCCn1cc(CCC(=O)NC(Cc2ccccc2)C(=O)NC(CCCCN)C(=O)Nc2ccc(COC(=O)NC3CC(OC4CC(O)(C(=O)CO)Cc5c(O)c6c(c(O)c54)C(=O)c4c(OC)cccc4C6=O)OC(C)C3O)cc2)nn1. The summed E-state index contributed by atoms with van der Waals surface area (Å²) in [7, 11) is 2.85. The number of hydrogen-bond donors (Lipinski definition) is 11. The van der Waals surface area contributed by atoms with E-state index in [9.17, 15) is 63.9 Å². The number of ketones is 3. The van der Waals surface area contributed by atoms with Gasteiger partial charge in [0, 0.05) is 80.6 Å². The van der Waals surface area contributed by atoms with Crippen LogP contribution in [-0.4, -0.2) is 184 Å². The molecule has 12 N–H and O–H groups in total. The Morgan fingerprint density at radius 2 is 1.57 bits per heavy atom. The molecule has 3 aliphatic rings. The molecule has 91 heavy (non-hydrogen) atoms. The van der Waals surface area contributed by atoms with E-state index in [1.165, 1.54) is 32.2 Å². The Balaban J connectivity index is 0.854. The van der Waals surface area contributed by atoms with Crippen LogP contribution < -0.4 is 37.1 Å². The zero-order chi connectivity index (χ0) is 65.4. The van der Waals surface area contributed by atoms with Crippen LogP contribution in [0.5, 0.6) is 17.2 Å². The quantitative estimate of drug-likeness (QED) is 0.0218. The fourth-order valence-corrected chi connectivity index (χ4v) is 11.0. The summed E-state index contributed by atoms with van der Waals surface area (Å²) >= 11 is 0. The number of phenolic OH excluding ortho intramolecular Hbond substituents is 2. The molecule has 0 saturated carbocycles. The average Bonchev–Trinajstić information content (AvgIpc) is 0.937. The van der Waals surface area contributed by atoms with Gasteiger partial charge < -0.3 is 86.3 Å². The largest absolute Gasteiger partial charge is 0.507 e. The molecule has 1 saturated heterocycles. The first-order valence-electron chi connectivity index (χ1n) is 29.9. The fraction of sp³-hybridized carbons (Fsp3) is 0.460. The van der Waals surface area contributed by atoms with E-state index in [2.05, 4.69) is 36.9 Å². The number of carbonyl (C=O) groups excluding carboxylic acids is 8. The number of aliphatic hydroxyl groups is 3. The van der Waals surface area contributed by atoms with Crippen molar-refractivity contribution in [2.45, 2.75) is 133 Å². The van der Waals surface area contributed by atoms with Gasteiger partial charge in [0.1, 0.15) is 54.3 Å². The Morgan fingerprint density at radius 1 is 0.835 bits per heavy atom. The number of hydrogen-bond acceptors (Lipinski definition) is 22. The molecule has 4 aromatic carbocycles. The second kappa shape index (κ2) is 31.8. The Hall–Kier alpha value is -8.74. The molecule has 8 rings (SSSR count). The topological polar surface area (TPSA) is 410 Å². The number of nitrogens with one attached hydrogen (secondary N) is 5. The number of benzene rings is 4. The summed E-state index contributed by atoms with van der Waals surface area (Å²) in [4.78, 5) is 107. The summed E-state index contributed by atoms with van der Waals surface area (Å²) in [6.45, 7) is 2.11. The van der Waals surface area contributed by atoms with Gasteiger partial charge in [-0.05, 0) is 62.1 Å². The van der Waals surface area contributed by atoms with Gasteiger partial charge in [-0.25, -0.2) is 9.48 Å². The van der Waals surface area contributed by atoms with E-state index in [0.717, 1.165) is 5.56 Å². The van der Waals surface area contributed by atoms with E-state index in [4.69, 9.17) is 34.2 Å². The number of phenols is 2. The van der Waals surface area contributed by atoms with Gasteiger partial charge in [-0.2, -0.15) is 0 Å². The zero-order valence-electron chi connectivity index (χ0n) is 50.6. The van der Waals surface area contributed by atoms with Gasteiger partial charge in [-0.15, -0.1) is 5.10 Å². The number of amides is 5. The molecular weight excluding hydrogens is 1190 g/mol. The van der Waals surface area contributed by atoms with Gasteiger partial charge in [0.2, 0.25) is 29.4 Å². The minimum absolute atomic E-state index is 0.0138. The van der Waals surface area contributed by atoms with Gasteiger partial charge >= 0.3 is 6.09 Å². The molecule has 8 atom stereocenters. The van der Waals surface area contributed by atoms with Crippen molar-refractivity contribution in [2.24, 2.45) is 5.73 Å². The predicted octanol–water partition coefficient (Wildman–Crippen LogP) is 1.64. The average molecular weight is 1260 g/mol. The number of rotatable bonds is 31. The molecule has 0 spiro atoms. The van der Waals surface area contributed by atoms with Crippen molar-refractivity contribution in [2.75, 3.05) is 59.1 Å². The van der Waals surface area contributed by atoms with Crippen LogP contribution in [0.15, 0.2) is 79.0 Å². The first-order valence-corrected chi connectivity index (χ1v) is 29.9. The third-order valence-corrected chi connectivity index (χ3v) is 16.0. The zero-order valence-corrected chi connectivity index (χ0v) is 50.6. The number of anilines is 1. The summed E-state index contributed by atoms with van der Waals surface area (Å²) in [5.41, 5.74) is 3.55. The number of nitrogens with zero attached hydrogens (tertiary/aromatic N) is 3. The van der Waals surface area contributed by atoms with E-state index in [-0.39, 0.29) is 85.6 Å². The van der Waals surface area contributed by atoms with Gasteiger partial charge in [-0.3, -0.25) is 33.6 Å². The van der Waals surface area contributed by atoms with Crippen molar-refractivity contribution in [3.05, 3.63) is 129 Å². The lowest BCUT2D eigenvalue weighted by Crippen LogP contribution is -2.56. The minimum atomic E-state index is -2.42. The number of aromatic nitrogens is 3. The van der Waals surface area contributed by atoms with Crippen molar-refractivity contribution < 1.29 is 92.3 Å². The highest BCUT2D eigenvalue weighted by atomic mass is 16.7. The highest BCUT2D eigenvalue weighted by Gasteiger charge is 2.50. The van der Waals surface area contributed by atoms with Crippen LogP contribution in [-0.2, 0) is 80.1 Å². The Labute approximate surface area is 523 Å². The van der Waals surface area contributed by atoms with Crippen LogP contribution in [0.25, 0.3) is 0 Å². The Bertz CT molecular complexity index is 3420. The first-order chi connectivity index (χ1) is 43.7. The third kappa shape index (κ3) is 17.2. The summed E-state index contributed by atoms with van der Waals surface area (Å²) in [5, 5.41) is 78.4. The maximum atomic E-state index is 14.1. The number of methoxy groups -OCH3 is 1. The highest BCUT2D eigenvalue weighted by Crippen LogP contribution is 2.52. The number of aromatic hydroxyl groups is 2. The van der Waals surface area contributed by atoms with Gasteiger partial charge in [0.05, 0.1) is 80.7 Å². The molecule has 0 bridgehead atoms. The summed E-state index contributed by atoms with van der Waals surface area (Å²) in [6, 6.07) is 16.4. The van der Waals surface area contributed by atoms with E-state index in [1.807, 2.05) is 30.3 Å². The molecule has 2 aliphatic carbocycles. The van der Waals surface area contributed by atoms with Gasteiger partial charge in [-0.1, -0.05) is 59.8 Å². The fourth-order valence-electron chi connectivity index (χ4n) is 11.0. The van der Waals surface area contributed by atoms with E-state index >= 15 is 0 Å². The number of Topliss-reactive ketones (excluding diaryl/α,β-unsaturated/α-hetero) is 1. The molecule has 2 heterocycles. The van der Waals surface area contributed by atoms with Crippen LogP contribution in [0.2, 0.25) is 0 Å². The van der Waals surface area contributed by atoms with Crippen molar-refractivity contribution in [1.29, 1.82) is 0 Å². The summed E-state index contributed by atoms with van der Waals surface area (Å²) < 4.78 is 35.7. The molecule has 5 amide bonds. The van der Waals surface area contributed by atoms with Crippen LogP contribution >= 0.6 is 0 Å². The Morgan fingerprint density at radius 3 is 2.29 bits per heavy atom. The third-order valence-electron chi connectivity index (χ3n) is 16.0. The van der Waals surface area contributed by atoms with Crippen molar-refractivity contribution >= 4 is 52.8 Å². The van der Waals surface area contributed by atoms with E-state index in [1.54, 1.807) is 42.2 Å². The minimum Gasteiger partial charge on any atom is -0.507 e. The maximum absolute atomic E-state index is 14.1. The number of carbonyl (C=O) groups is 8. The highest BCUT2D eigenvalue weighted by molar-refractivity contribution is 6.31. The van der Waals surface area contributed by atoms with Crippen molar-refractivity contribution in [3.8, 4) is 17.2 Å². The lowest BCUT2D eigenvalue weighted by Gasteiger charge is -2.42. The molecule has 1 aromatic heterocycles. The molecule has 28 heteroatoms. The summed E-state index contributed by atoms with van der Waals surface area (Å²) in [6.07, 6.45) is -4.27. The number of aryl methyl sites for hydroxylation is 1. The lowest BCUT2D eigenvalue weighted by atomic mass is 9.72. The monoisotopic (exact) mass is 1260 g/mol. The van der Waals surface area contributed by atoms with E-state index in [0.29, 0.717) is 62.7 Å². The van der Waals surface area contributed by atoms with Crippen LogP contribution in [0.1, 0.15) is 118 Å². The predicted molar refractivity (Wildman–Crippen MR) is 322 cm³/mol. The van der Waals surface area contributed by atoms with Crippen LogP contribution in [0.4, 0.5) is 10.5 Å². The van der Waals surface area contributed by atoms with E-state index < -0.39 is 132 Å². The van der Waals surface area contributed by atoms with Crippen LogP contribution in [0, 0.1) is 0 Å². The molecule has 8 unspecified atom stereocenters. The summed E-state index contributed by atoms with van der Waals surface area (Å²) in [5.74, 6) is -6.00. The molecular formula is C63H77N9O19. The second-order valence-corrected chi connectivity index (χ2v) is 22.3. The molecule has 1 fully saturated rings. The van der Waals surface area contributed by atoms with Crippen molar-refractivity contribution in [1.82, 2.24) is 36.3 Å². The number of ether oxygens (including phenoxy) is 6. The number of alkyl carbamates (subject to hydrolysis) is 1. The van der Waals surface area contributed by atoms with Gasteiger partial charge in [0.15, 0.2) is 17.9 Å². The molecule has 28 nitrogen and oxygen atoms in total. The lowest BCUT2D eigenvalue weighted by molar-refractivity contribution is -0.249. The first kappa shape index (κ1) is 68.2. The number of aliphatic hydroxyl groups excluding tert-OH is 2. The van der Waals surface area contributed by atoms with Crippen molar-refractivity contribution in [3.63, 3.8) is 0 Å². The van der Waals surface area contributed by atoms with Gasteiger partial charge in [0.25, 0.3) is 0 Å². The Kier molecular flexibility index (Phi) is 23.8. The normalized spacial score (nSPS) is 19.8. The maximum Gasteiger partial charge on any atom is 0.407 e. The molecule has 0 radical (unpaired) electrons.